The summed E-state index contributed by atoms with van der Waals surface area (Å²) < 4.78 is 5.10. The van der Waals surface area contributed by atoms with Crippen molar-refractivity contribution in [2.45, 2.75) is 46.3 Å². The highest BCUT2D eigenvalue weighted by atomic mass is 16.6. The lowest BCUT2D eigenvalue weighted by Gasteiger charge is -2.20. The zero-order valence-corrected chi connectivity index (χ0v) is 8.92. The van der Waals surface area contributed by atoms with Gasteiger partial charge in [0.25, 0.3) is 0 Å². The van der Waals surface area contributed by atoms with E-state index >= 15 is 0 Å². The Morgan fingerprint density at radius 1 is 1.38 bits per heavy atom. The predicted molar refractivity (Wildman–Crippen MR) is 51.1 cm³/mol. The summed E-state index contributed by atoms with van der Waals surface area (Å²) in [4.78, 5) is 14.6. The number of esters is 1. The minimum Gasteiger partial charge on any atom is -0.454 e. The van der Waals surface area contributed by atoms with Gasteiger partial charge in [0.2, 0.25) is 0 Å². The monoisotopic (exact) mass is 183 g/mol. The number of carbonyl (C=O) groups excluding carboxylic acids is 1. The molecule has 3 heteroatoms. The zero-order chi connectivity index (χ0) is 10.6. The van der Waals surface area contributed by atoms with Crippen LogP contribution >= 0.6 is 0 Å². The van der Waals surface area contributed by atoms with Crippen molar-refractivity contribution in [1.82, 2.24) is 0 Å². The fraction of sp³-hybridized carbons (Fsp3) is 0.800. The van der Waals surface area contributed by atoms with Crippen molar-refractivity contribution in [2.24, 2.45) is 5.92 Å². The third-order valence-corrected chi connectivity index (χ3v) is 1.42. The third-order valence-electron chi connectivity index (χ3n) is 1.42. The fourth-order valence-electron chi connectivity index (χ4n) is 0.836. The van der Waals surface area contributed by atoms with Crippen molar-refractivity contribution in [3.05, 3.63) is 11.4 Å². The highest BCUT2D eigenvalue weighted by Gasteiger charge is 2.32. The van der Waals surface area contributed by atoms with Crippen molar-refractivity contribution in [3.8, 4) is 0 Å². The minimum atomic E-state index is -0.667. The first-order valence-corrected chi connectivity index (χ1v) is 4.37. The maximum atomic E-state index is 11.4. The number of nitrogens with zero attached hydrogens (tertiary/aromatic N) is 1. The molecule has 0 aromatic rings. The molecule has 74 valence electrons. The maximum absolute atomic E-state index is 11.4. The normalized spacial score (nSPS) is 13.6. The Morgan fingerprint density at radius 2 is 1.85 bits per heavy atom. The van der Waals surface area contributed by atoms with Gasteiger partial charge in [-0.15, -0.1) is 0 Å². The molecule has 3 nitrogen and oxygen atoms in total. The Bertz CT molecular complexity index is 220. The Morgan fingerprint density at radius 3 is 2.08 bits per heavy atom. The molecule has 0 amide bonds. The van der Waals surface area contributed by atoms with Gasteiger partial charge in [0.15, 0.2) is 0 Å². The Hall–Kier alpha value is -1.04. The fourth-order valence-corrected chi connectivity index (χ4v) is 0.836. The first-order valence-electron chi connectivity index (χ1n) is 4.37. The lowest BCUT2D eigenvalue weighted by molar-refractivity contribution is -0.156. The molecule has 0 fully saturated rings. The van der Waals surface area contributed by atoms with Gasteiger partial charge < -0.3 is 9.58 Å². The molecule has 0 heterocycles. The van der Waals surface area contributed by atoms with Crippen molar-refractivity contribution in [1.29, 1.82) is 0 Å². The van der Waals surface area contributed by atoms with Crippen molar-refractivity contribution >= 4 is 5.97 Å². The molecule has 0 bridgehead atoms. The van der Waals surface area contributed by atoms with E-state index < -0.39 is 17.6 Å². The summed E-state index contributed by atoms with van der Waals surface area (Å²) in [7, 11) is 0. The Balaban J connectivity index is 4.35. The van der Waals surface area contributed by atoms with E-state index in [1.807, 2.05) is 13.8 Å². The van der Waals surface area contributed by atoms with E-state index in [0.717, 1.165) is 0 Å². The second kappa shape index (κ2) is 4.27. The lowest BCUT2D eigenvalue weighted by Crippen LogP contribution is -2.32. The number of ether oxygens (including phenoxy) is 1. The summed E-state index contributed by atoms with van der Waals surface area (Å²) in [6.07, 6.45) is 0. The smallest absolute Gasteiger partial charge is 0.391 e. The average molecular weight is 183 g/mol. The molecule has 0 saturated carbocycles. The predicted octanol–water partition coefficient (Wildman–Crippen LogP) is 2.27. The van der Waals surface area contributed by atoms with Crippen LogP contribution < -0.4 is 0 Å². The summed E-state index contributed by atoms with van der Waals surface area (Å²) in [5.41, 5.74) is -0.505. The summed E-state index contributed by atoms with van der Waals surface area (Å²) in [5.74, 6) is -0.412. The minimum absolute atomic E-state index is 0.00681. The summed E-state index contributed by atoms with van der Waals surface area (Å²) in [6.45, 7) is 15.9. The zero-order valence-electron chi connectivity index (χ0n) is 8.92. The molecule has 13 heavy (non-hydrogen) atoms. The van der Waals surface area contributed by atoms with E-state index in [4.69, 9.17) is 11.3 Å². The maximum Gasteiger partial charge on any atom is 0.391 e. The molecule has 0 rings (SSSR count). The van der Waals surface area contributed by atoms with Crippen molar-refractivity contribution in [2.75, 3.05) is 0 Å². The van der Waals surface area contributed by atoms with Gasteiger partial charge in [0.1, 0.15) is 5.60 Å². The van der Waals surface area contributed by atoms with Gasteiger partial charge in [-0.3, -0.25) is 0 Å². The van der Waals surface area contributed by atoms with E-state index in [0.29, 0.717) is 0 Å². The van der Waals surface area contributed by atoms with Gasteiger partial charge in [0.05, 0.1) is 0 Å². The third kappa shape index (κ3) is 4.51. The molecule has 0 radical (unpaired) electrons. The van der Waals surface area contributed by atoms with Gasteiger partial charge in [-0.1, -0.05) is 13.8 Å². The lowest BCUT2D eigenvalue weighted by atomic mass is 10.1. The van der Waals surface area contributed by atoms with E-state index in [-0.39, 0.29) is 5.92 Å². The standard InChI is InChI=1S/C10H17NO2/c1-7(2)8(11-6)9(12)13-10(3,4)5/h7-8H,1-5H3/t8-/m1/s1. The average Bonchev–Trinajstić information content (AvgIpc) is 1.82. The SMILES string of the molecule is [C-]#[N+][C@@H](C(=O)OC(C)(C)C)C(C)C. The van der Waals surface area contributed by atoms with Gasteiger partial charge >= 0.3 is 12.0 Å². The largest absolute Gasteiger partial charge is 0.454 e. The highest BCUT2D eigenvalue weighted by Crippen LogP contribution is 2.14. The molecule has 0 aromatic heterocycles. The summed E-state index contributed by atoms with van der Waals surface area (Å²) in [6, 6.07) is -0.667. The van der Waals surface area contributed by atoms with Crippen LogP contribution in [0.25, 0.3) is 4.85 Å². The molecule has 0 unspecified atom stereocenters. The van der Waals surface area contributed by atoms with Gasteiger partial charge in [-0.2, -0.15) is 0 Å². The summed E-state index contributed by atoms with van der Waals surface area (Å²) in [5, 5.41) is 0. The van der Waals surface area contributed by atoms with Crippen LogP contribution in [0.4, 0.5) is 0 Å². The molecule has 0 saturated heterocycles. The van der Waals surface area contributed by atoms with Crippen molar-refractivity contribution in [3.63, 3.8) is 0 Å². The second-order valence-electron chi connectivity index (χ2n) is 4.35. The van der Waals surface area contributed by atoms with E-state index in [2.05, 4.69) is 4.85 Å². The van der Waals surface area contributed by atoms with Crippen LogP contribution in [0.1, 0.15) is 34.6 Å². The highest BCUT2D eigenvalue weighted by molar-refractivity contribution is 5.78. The first-order chi connectivity index (χ1) is 5.78. The van der Waals surface area contributed by atoms with E-state index in [1.165, 1.54) is 0 Å². The van der Waals surface area contributed by atoms with E-state index in [9.17, 15) is 4.79 Å². The number of carbonyl (C=O) groups is 1. The molecule has 0 aliphatic rings. The summed E-state index contributed by atoms with van der Waals surface area (Å²) >= 11 is 0. The number of rotatable bonds is 2. The molecular formula is C10H17NO2. The van der Waals surface area contributed by atoms with Crippen molar-refractivity contribution < 1.29 is 9.53 Å². The van der Waals surface area contributed by atoms with Crippen LogP contribution in [0.2, 0.25) is 0 Å². The Labute approximate surface area is 79.9 Å². The number of hydrogen-bond donors (Lipinski definition) is 0. The van der Waals surface area contributed by atoms with Gasteiger partial charge in [-0.25, -0.2) is 11.4 Å². The van der Waals surface area contributed by atoms with Gasteiger partial charge in [-0.05, 0) is 20.8 Å². The molecule has 0 aliphatic heterocycles. The topological polar surface area (TPSA) is 30.7 Å². The van der Waals surface area contributed by atoms with E-state index in [1.54, 1.807) is 20.8 Å². The molecule has 0 aliphatic carbocycles. The second-order valence-corrected chi connectivity index (χ2v) is 4.35. The Kier molecular flexibility index (Phi) is 3.93. The molecule has 1 atom stereocenters. The van der Waals surface area contributed by atoms with Crippen LogP contribution in [0.5, 0.6) is 0 Å². The number of hydrogen-bond acceptors (Lipinski definition) is 2. The molecule has 0 aromatic carbocycles. The molecule has 0 spiro atoms. The van der Waals surface area contributed by atoms with Crippen LogP contribution in [0.15, 0.2) is 0 Å². The van der Waals surface area contributed by atoms with Crippen LogP contribution in [0, 0.1) is 12.5 Å². The van der Waals surface area contributed by atoms with Gasteiger partial charge in [0, 0.05) is 5.92 Å². The van der Waals surface area contributed by atoms with Crippen LogP contribution in [-0.4, -0.2) is 17.6 Å². The first kappa shape index (κ1) is 12.0. The quantitative estimate of drug-likeness (QED) is 0.485. The van der Waals surface area contributed by atoms with Crippen LogP contribution in [0.3, 0.4) is 0 Å². The van der Waals surface area contributed by atoms with Crippen LogP contribution in [-0.2, 0) is 9.53 Å². The molecule has 0 N–H and O–H groups in total. The molecular weight excluding hydrogens is 166 g/mol.